The molecule has 0 fully saturated rings. The molecule has 0 atom stereocenters. The minimum Gasteiger partial charge on any atom is -0.250 e. The number of benzene rings is 1. The molecule has 0 saturated heterocycles. The first kappa shape index (κ1) is 10.9. The highest BCUT2D eigenvalue weighted by Crippen LogP contribution is 2.00. The molecule has 0 aliphatic carbocycles. The molecule has 2 rings (SSSR count). The third-order valence-corrected chi connectivity index (χ3v) is 2.43. The average Bonchev–Trinajstić information content (AvgIpc) is 2.56. The maximum absolute atomic E-state index is 3.94. The van der Waals surface area contributed by atoms with Crippen LogP contribution in [0.1, 0.15) is 16.8 Å². The smallest absolute Gasteiger partial charge is 0.0794 e. The van der Waals surface area contributed by atoms with Crippen molar-refractivity contribution in [2.24, 2.45) is 0 Å². The van der Waals surface area contributed by atoms with Gasteiger partial charge in [0.1, 0.15) is 0 Å². The zero-order valence-electron chi connectivity index (χ0n) is 8.82. The van der Waals surface area contributed by atoms with Crippen LogP contribution in [0.15, 0.2) is 35.2 Å². The number of nitrogens with zero attached hydrogens (tertiary/aromatic N) is 1. The van der Waals surface area contributed by atoms with Gasteiger partial charge >= 0.3 is 0 Å². The second-order valence-corrected chi connectivity index (χ2v) is 4.01. The number of rotatable bonds is 0. The molecule has 1 aromatic carbocycles. The molecule has 0 aliphatic rings. The van der Waals surface area contributed by atoms with Gasteiger partial charge in [0, 0.05) is 11.1 Å². The summed E-state index contributed by atoms with van der Waals surface area (Å²) in [7, 11) is 0. The minimum atomic E-state index is 1.11. The summed E-state index contributed by atoms with van der Waals surface area (Å²) < 4.78 is 0. The Labute approximate surface area is 89.4 Å². The Morgan fingerprint density at radius 3 is 1.93 bits per heavy atom. The van der Waals surface area contributed by atoms with E-state index >= 15 is 0 Å². The molecular weight excluding hydrogens is 190 g/mol. The molecule has 0 bridgehead atoms. The molecule has 1 heterocycles. The van der Waals surface area contributed by atoms with Gasteiger partial charge in [0.2, 0.25) is 0 Å². The molecule has 14 heavy (non-hydrogen) atoms. The van der Waals surface area contributed by atoms with Crippen LogP contribution in [0.2, 0.25) is 0 Å². The fourth-order valence-corrected chi connectivity index (χ4v) is 1.63. The van der Waals surface area contributed by atoms with Gasteiger partial charge < -0.3 is 0 Å². The van der Waals surface area contributed by atoms with E-state index in [0.717, 1.165) is 5.69 Å². The number of hydrogen-bond donors (Lipinski definition) is 0. The van der Waals surface area contributed by atoms with E-state index in [9.17, 15) is 0 Å². The lowest BCUT2D eigenvalue weighted by Gasteiger charge is -1.90. The van der Waals surface area contributed by atoms with Crippen molar-refractivity contribution >= 4 is 11.3 Å². The van der Waals surface area contributed by atoms with Crippen LogP contribution >= 0.6 is 11.3 Å². The van der Waals surface area contributed by atoms with E-state index < -0.39 is 0 Å². The van der Waals surface area contributed by atoms with Gasteiger partial charge in [-0.2, -0.15) is 0 Å². The van der Waals surface area contributed by atoms with Crippen molar-refractivity contribution in [3.63, 3.8) is 0 Å². The van der Waals surface area contributed by atoms with E-state index in [2.05, 4.69) is 43.1 Å². The minimum absolute atomic E-state index is 1.11. The van der Waals surface area contributed by atoms with Gasteiger partial charge in [0.25, 0.3) is 0 Å². The van der Waals surface area contributed by atoms with Crippen molar-refractivity contribution in [1.82, 2.24) is 4.98 Å². The van der Waals surface area contributed by atoms with E-state index in [1.807, 2.05) is 17.8 Å². The Balaban J connectivity index is 0.000000146. The second kappa shape index (κ2) is 5.55. The molecule has 0 spiro atoms. The molecule has 2 aromatic rings. The number of thiazole rings is 1. The highest BCUT2D eigenvalue weighted by Gasteiger charge is 1.80. The summed E-state index contributed by atoms with van der Waals surface area (Å²) in [4.78, 5) is 3.94. The van der Waals surface area contributed by atoms with Crippen molar-refractivity contribution in [2.45, 2.75) is 20.8 Å². The largest absolute Gasteiger partial charge is 0.250 e. The van der Waals surface area contributed by atoms with Crippen LogP contribution < -0.4 is 0 Å². The highest BCUT2D eigenvalue weighted by atomic mass is 32.1. The van der Waals surface area contributed by atoms with Gasteiger partial charge in [-0.15, -0.1) is 11.3 Å². The van der Waals surface area contributed by atoms with Gasteiger partial charge in [-0.1, -0.05) is 35.4 Å². The summed E-state index contributed by atoms with van der Waals surface area (Å²) in [5.41, 5.74) is 5.62. The summed E-state index contributed by atoms with van der Waals surface area (Å²) >= 11 is 1.63. The normalized spacial score (nSPS) is 9.07. The Kier molecular flexibility index (Phi) is 4.33. The highest BCUT2D eigenvalue weighted by molar-refractivity contribution is 7.07. The van der Waals surface area contributed by atoms with Gasteiger partial charge in [0.05, 0.1) is 5.51 Å². The van der Waals surface area contributed by atoms with Gasteiger partial charge in [-0.3, -0.25) is 4.98 Å². The molecule has 1 nitrogen and oxygen atoms in total. The third-order valence-electron chi connectivity index (χ3n) is 1.73. The molecule has 0 N–H and O–H groups in total. The first-order valence-electron chi connectivity index (χ1n) is 4.56. The maximum Gasteiger partial charge on any atom is 0.0794 e. The summed E-state index contributed by atoms with van der Waals surface area (Å²) in [6.45, 7) is 6.19. The monoisotopic (exact) mass is 205 g/mol. The quantitative estimate of drug-likeness (QED) is 0.638. The van der Waals surface area contributed by atoms with Crippen molar-refractivity contribution in [2.75, 3.05) is 0 Å². The van der Waals surface area contributed by atoms with E-state index in [1.54, 1.807) is 11.3 Å². The molecular formula is C12H15NS. The first-order chi connectivity index (χ1) is 6.68. The van der Waals surface area contributed by atoms with Crippen LogP contribution in [0, 0.1) is 20.8 Å². The molecule has 0 unspecified atom stereocenters. The molecule has 0 radical (unpaired) electrons. The van der Waals surface area contributed by atoms with Crippen LogP contribution in [0.5, 0.6) is 0 Å². The van der Waals surface area contributed by atoms with E-state index in [4.69, 9.17) is 0 Å². The fourth-order valence-electron chi connectivity index (χ4n) is 1.08. The first-order valence-corrected chi connectivity index (χ1v) is 5.51. The molecule has 0 amide bonds. The van der Waals surface area contributed by atoms with Crippen molar-refractivity contribution < 1.29 is 0 Å². The molecule has 0 saturated carbocycles. The third kappa shape index (κ3) is 4.19. The maximum atomic E-state index is 3.94. The predicted octanol–water partition coefficient (Wildman–Crippen LogP) is 3.75. The lowest BCUT2D eigenvalue weighted by molar-refractivity contribution is 1.27. The van der Waals surface area contributed by atoms with Crippen molar-refractivity contribution in [3.8, 4) is 0 Å². The predicted molar refractivity (Wildman–Crippen MR) is 62.8 cm³/mol. The SMILES string of the molecule is Cc1cccc(C)c1.Cc1cscn1. The Hall–Kier alpha value is -1.15. The standard InChI is InChI=1S/C8H10.C4H5NS/c1-7-4-3-5-8(2)6-7;1-4-2-6-3-5-4/h3-6H,1-2H3;2-3H,1H3. The molecule has 74 valence electrons. The molecule has 2 heteroatoms. The number of aryl methyl sites for hydroxylation is 3. The number of hydrogen-bond acceptors (Lipinski definition) is 2. The summed E-state index contributed by atoms with van der Waals surface area (Å²) in [5, 5.41) is 2.01. The Morgan fingerprint density at radius 2 is 1.71 bits per heavy atom. The van der Waals surface area contributed by atoms with Crippen LogP contribution in [-0.4, -0.2) is 4.98 Å². The molecule has 0 aliphatic heterocycles. The average molecular weight is 205 g/mol. The summed E-state index contributed by atoms with van der Waals surface area (Å²) in [5.74, 6) is 0. The summed E-state index contributed by atoms with van der Waals surface area (Å²) in [6, 6.07) is 8.45. The van der Waals surface area contributed by atoms with Crippen LogP contribution in [-0.2, 0) is 0 Å². The van der Waals surface area contributed by atoms with Crippen LogP contribution in [0.3, 0.4) is 0 Å². The topological polar surface area (TPSA) is 12.9 Å². The fraction of sp³-hybridized carbons (Fsp3) is 0.250. The van der Waals surface area contributed by atoms with Crippen LogP contribution in [0.4, 0.5) is 0 Å². The lowest BCUT2D eigenvalue weighted by atomic mass is 10.2. The second-order valence-electron chi connectivity index (χ2n) is 3.29. The van der Waals surface area contributed by atoms with E-state index in [-0.39, 0.29) is 0 Å². The zero-order chi connectivity index (χ0) is 10.4. The van der Waals surface area contributed by atoms with Crippen LogP contribution in [0.25, 0.3) is 0 Å². The Bertz CT molecular complexity index is 348. The van der Waals surface area contributed by atoms with Gasteiger partial charge in [-0.05, 0) is 20.8 Å². The lowest BCUT2D eigenvalue weighted by Crippen LogP contribution is -1.71. The van der Waals surface area contributed by atoms with Crippen molar-refractivity contribution in [3.05, 3.63) is 52.0 Å². The Morgan fingerprint density at radius 1 is 1.07 bits per heavy atom. The number of aromatic nitrogens is 1. The van der Waals surface area contributed by atoms with E-state index in [1.165, 1.54) is 11.1 Å². The summed E-state index contributed by atoms with van der Waals surface area (Å²) in [6.07, 6.45) is 0. The van der Waals surface area contributed by atoms with Gasteiger partial charge in [0.15, 0.2) is 0 Å². The molecule has 1 aromatic heterocycles. The van der Waals surface area contributed by atoms with E-state index in [0.29, 0.717) is 0 Å². The zero-order valence-corrected chi connectivity index (χ0v) is 9.64. The van der Waals surface area contributed by atoms with Crippen molar-refractivity contribution in [1.29, 1.82) is 0 Å². The van der Waals surface area contributed by atoms with Gasteiger partial charge in [-0.25, -0.2) is 0 Å².